The van der Waals surface area contributed by atoms with Gasteiger partial charge in [0.25, 0.3) is 5.91 Å². The van der Waals surface area contributed by atoms with Gasteiger partial charge >= 0.3 is 0 Å². The van der Waals surface area contributed by atoms with Crippen molar-refractivity contribution in [1.82, 2.24) is 14.9 Å². The van der Waals surface area contributed by atoms with E-state index in [0.29, 0.717) is 23.2 Å². The Balaban J connectivity index is 1.46. The summed E-state index contributed by atoms with van der Waals surface area (Å²) in [6.07, 6.45) is 5.38. The molecule has 1 atom stereocenters. The molecule has 6 nitrogen and oxygen atoms in total. The van der Waals surface area contributed by atoms with Gasteiger partial charge in [0, 0.05) is 25.5 Å². The number of likely N-dealkylation sites (tertiary alicyclic amines) is 1. The Morgan fingerprint density at radius 3 is 2.55 bits per heavy atom. The zero-order valence-corrected chi connectivity index (χ0v) is 16.4. The van der Waals surface area contributed by atoms with Gasteiger partial charge in [-0.2, -0.15) is 0 Å². The molecule has 1 unspecified atom stereocenters. The van der Waals surface area contributed by atoms with Crippen molar-refractivity contribution in [3.05, 3.63) is 72.6 Å². The second-order valence-corrected chi connectivity index (χ2v) is 7.33. The average molecular weight is 388 g/mol. The standard InChI is InChI=1S/C23H24N4O2/c1-17-8-7-13-27(16-17)22(28)18-14-24-23(25-15-18)26-20-11-5-6-12-21(20)29-19-9-3-2-4-10-19/h2-6,9-12,14-15,17H,7-8,13,16H2,1H3,(H,24,25,26). The van der Waals surface area contributed by atoms with Crippen molar-refractivity contribution < 1.29 is 9.53 Å². The molecular weight excluding hydrogens is 364 g/mol. The number of hydrogen-bond acceptors (Lipinski definition) is 5. The SMILES string of the molecule is CC1CCCN(C(=O)c2cnc(Nc3ccccc3Oc3ccccc3)nc2)C1. The molecule has 0 aliphatic carbocycles. The van der Waals surface area contributed by atoms with Crippen LogP contribution in [0.3, 0.4) is 0 Å². The first-order valence-corrected chi connectivity index (χ1v) is 9.89. The van der Waals surface area contributed by atoms with Crippen LogP contribution in [0, 0.1) is 5.92 Å². The minimum absolute atomic E-state index is 0.00379. The predicted molar refractivity (Wildman–Crippen MR) is 113 cm³/mol. The smallest absolute Gasteiger partial charge is 0.257 e. The van der Waals surface area contributed by atoms with Crippen molar-refractivity contribution in [2.75, 3.05) is 18.4 Å². The predicted octanol–water partition coefficient (Wildman–Crippen LogP) is 4.88. The Bertz CT molecular complexity index is 960. The second-order valence-electron chi connectivity index (χ2n) is 7.33. The number of nitrogens with one attached hydrogen (secondary N) is 1. The summed E-state index contributed by atoms with van der Waals surface area (Å²) in [7, 11) is 0. The summed E-state index contributed by atoms with van der Waals surface area (Å²) in [5.41, 5.74) is 1.26. The molecule has 0 spiro atoms. The van der Waals surface area contributed by atoms with E-state index in [0.717, 1.165) is 30.9 Å². The molecule has 4 rings (SSSR count). The van der Waals surface area contributed by atoms with E-state index in [2.05, 4.69) is 22.2 Å². The zero-order valence-electron chi connectivity index (χ0n) is 16.4. The van der Waals surface area contributed by atoms with Gasteiger partial charge in [0.05, 0.1) is 11.3 Å². The molecule has 1 fully saturated rings. The molecule has 1 aliphatic rings. The van der Waals surface area contributed by atoms with Crippen molar-refractivity contribution in [1.29, 1.82) is 0 Å². The second kappa shape index (κ2) is 8.73. The fraction of sp³-hybridized carbons (Fsp3) is 0.261. The molecule has 1 amide bonds. The lowest BCUT2D eigenvalue weighted by atomic mass is 10.00. The Hall–Kier alpha value is -3.41. The van der Waals surface area contributed by atoms with Crippen LogP contribution >= 0.6 is 0 Å². The number of piperidine rings is 1. The van der Waals surface area contributed by atoms with E-state index >= 15 is 0 Å². The van der Waals surface area contributed by atoms with Gasteiger partial charge in [-0.05, 0) is 43.0 Å². The summed E-state index contributed by atoms with van der Waals surface area (Å²) in [4.78, 5) is 23.2. The summed E-state index contributed by atoms with van der Waals surface area (Å²) in [6, 6.07) is 17.2. The van der Waals surface area contributed by atoms with Gasteiger partial charge in [0.15, 0.2) is 5.75 Å². The number of amides is 1. The third-order valence-electron chi connectivity index (χ3n) is 4.95. The largest absolute Gasteiger partial charge is 0.455 e. The van der Waals surface area contributed by atoms with Crippen LogP contribution in [0.5, 0.6) is 11.5 Å². The molecule has 1 aliphatic heterocycles. The Morgan fingerprint density at radius 1 is 1.07 bits per heavy atom. The molecule has 2 aromatic carbocycles. The first-order valence-electron chi connectivity index (χ1n) is 9.89. The van der Waals surface area contributed by atoms with Gasteiger partial charge < -0.3 is 15.0 Å². The first-order chi connectivity index (χ1) is 14.2. The highest BCUT2D eigenvalue weighted by molar-refractivity contribution is 5.93. The summed E-state index contributed by atoms with van der Waals surface area (Å²) < 4.78 is 5.95. The van der Waals surface area contributed by atoms with Crippen LogP contribution in [-0.4, -0.2) is 33.9 Å². The lowest BCUT2D eigenvalue weighted by Gasteiger charge is -2.30. The van der Waals surface area contributed by atoms with Crippen LogP contribution in [0.25, 0.3) is 0 Å². The zero-order chi connectivity index (χ0) is 20.1. The van der Waals surface area contributed by atoms with Crippen LogP contribution in [0.1, 0.15) is 30.1 Å². The molecule has 29 heavy (non-hydrogen) atoms. The number of carbonyl (C=O) groups excluding carboxylic acids is 1. The van der Waals surface area contributed by atoms with Gasteiger partial charge in [-0.1, -0.05) is 37.3 Å². The van der Waals surface area contributed by atoms with Gasteiger partial charge in [-0.15, -0.1) is 0 Å². The third kappa shape index (κ3) is 4.71. The molecule has 6 heteroatoms. The normalized spacial score (nSPS) is 16.3. The lowest BCUT2D eigenvalue weighted by Crippen LogP contribution is -2.39. The summed E-state index contributed by atoms with van der Waals surface area (Å²) in [5, 5.41) is 3.17. The van der Waals surface area contributed by atoms with Crippen molar-refractivity contribution in [2.45, 2.75) is 19.8 Å². The Kier molecular flexibility index (Phi) is 5.70. The minimum Gasteiger partial charge on any atom is -0.455 e. The number of aromatic nitrogens is 2. The molecule has 3 aromatic rings. The molecular formula is C23H24N4O2. The molecule has 2 heterocycles. The highest BCUT2D eigenvalue weighted by atomic mass is 16.5. The highest BCUT2D eigenvalue weighted by Gasteiger charge is 2.22. The van der Waals surface area contributed by atoms with Crippen LogP contribution in [0.4, 0.5) is 11.6 Å². The van der Waals surface area contributed by atoms with Crippen molar-refractivity contribution in [3.8, 4) is 11.5 Å². The van der Waals surface area contributed by atoms with E-state index in [9.17, 15) is 4.79 Å². The number of para-hydroxylation sites is 3. The summed E-state index contributed by atoms with van der Waals surface area (Å²) >= 11 is 0. The fourth-order valence-electron chi connectivity index (χ4n) is 3.45. The van der Waals surface area contributed by atoms with E-state index in [1.165, 1.54) is 6.42 Å². The number of carbonyl (C=O) groups is 1. The number of benzene rings is 2. The van der Waals surface area contributed by atoms with Crippen molar-refractivity contribution in [3.63, 3.8) is 0 Å². The summed E-state index contributed by atoms with van der Waals surface area (Å²) in [6.45, 7) is 3.77. The fourth-order valence-corrected chi connectivity index (χ4v) is 3.45. The molecule has 1 N–H and O–H groups in total. The minimum atomic E-state index is -0.00379. The monoisotopic (exact) mass is 388 g/mol. The van der Waals surface area contributed by atoms with Crippen LogP contribution in [-0.2, 0) is 0 Å². The highest BCUT2D eigenvalue weighted by Crippen LogP contribution is 2.30. The Morgan fingerprint density at radius 2 is 1.79 bits per heavy atom. The first kappa shape index (κ1) is 18.9. The quantitative estimate of drug-likeness (QED) is 0.674. The molecule has 0 radical (unpaired) electrons. The maximum atomic E-state index is 12.7. The van der Waals surface area contributed by atoms with Gasteiger partial charge in [0.1, 0.15) is 5.75 Å². The topological polar surface area (TPSA) is 67.4 Å². The molecule has 1 aromatic heterocycles. The van der Waals surface area contributed by atoms with E-state index in [-0.39, 0.29) is 5.91 Å². The third-order valence-corrected chi connectivity index (χ3v) is 4.95. The van der Waals surface area contributed by atoms with E-state index in [1.54, 1.807) is 12.4 Å². The molecule has 0 saturated carbocycles. The van der Waals surface area contributed by atoms with Crippen molar-refractivity contribution >= 4 is 17.5 Å². The van der Waals surface area contributed by atoms with E-state index in [1.807, 2.05) is 59.5 Å². The molecule has 148 valence electrons. The molecule has 1 saturated heterocycles. The van der Waals surface area contributed by atoms with Gasteiger partial charge in [-0.3, -0.25) is 4.79 Å². The van der Waals surface area contributed by atoms with Crippen LogP contribution in [0.2, 0.25) is 0 Å². The Labute approximate surface area is 170 Å². The number of nitrogens with zero attached hydrogens (tertiary/aromatic N) is 3. The lowest BCUT2D eigenvalue weighted by molar-refractivity contribution is 0.0682. The van der Waals surface area contributed by atoms with Gasteiger partial charge in [0.2, 0.25) is 5.95 Å². The molecule has 0 bridgehead atoms. The van der Waals surface area contributed by atoms with Crippen LogP contribution in [0.15, 0.2) is 67.0 Å². The number of ether oxygens (including phenoxy) is 1. The van der Waals surface area contributed by atoms with Gasteiger partial charge in [-0.25, -0.2) is 9.97 Å². The average Bonchev–Trinajstić information content (AvgIpc) is 2.76. The van der Waals surface area contributed by atoms with E-state index < -0.39 is 0 Å². The maximum Gasteiger partial charge on any atom is 0.257 e. The van der Waals surface area contributed by atoms with E-state index in [4.69, 9.17) is 4.74 Å². The van der Waals surface area contributed by atoms with Crippen LogP contribution < -0.4 is 10.1 Å². The number of hydrogen-bond donors (Lipinski definition) is 1. The summed E-state index contributed by atoms with van der Waals surface area (Å²) in [5.74, 6) is 2.37. The van der Waals surface area contributed by atoms with Crippen molar-refractivity contribution in [2.24, 2.45) is 5.92 Å². The maximum absolute atomic E-state index is 12.7. The number of anilines is 2. The number of rotatable bonds is 5.